The van der Waals surface area contributed by atoms with Gasteiger partial charge in [-0.05, 0) is 6.07 Å². The predicted molar refractivity (Wildman–Crippen MR) is 73.3 cm³/mol. The average Bonchev–Trinajstić information content (AvgIpc) is 2.89. The topological polar surface area (TPSA) is 43.2 Å². The lowest BCUT2D eigenvalue weighted by molar-refractivity contribution is 0.0394. The number of aryl methyl sites for hydroxylation is 1. The lowest BCUT2D eigenvalue weighted by Crippen LogP contribution is -2.39. The van der Waals surface area contributed by atoms with Gasteiger partial charge in [-0.15, -0.1) is 0 Å². The van der Waals surface area contributed by atoms with E-state index in [0.717, 1.165) is 5.56 Å². The van der Waals surface area contributed by atoms with E-state index in [0.29, 0.717) is 25.5 Å². The molecule has 0 radical (unpaired) electrons. The van der Waals surface area contributed by atoms with Gasteiger partial charge in [0.15, 0.2) is 5.82 Å². The minimum atomic E-state index is -0.457. The summed E-state index contributed by atoms with van der Waals surface area (Å²) < 4.78 is 21.0. The van der Waals surface area contributed by atoms with Crippen molar-refractivity contribution >= 4 is 17.4 Å². The molecule has 20 heavy (non-hydrogen) atoms. The third-order valence-electron chi connectivity index (χ3n) is 3.29. The fourth-order valence-electron chi connectivity index (χ4n) is 2.28. The molecule has 2 aromatic heterocycles. The standard InChI is InChI=1S/C13H14ClFN4O/c1-18-7-9(6-17-18)11-8-19(4-5-20-11)13-12(14)10(15)2-3-16-13/h2-3,6-7,11H,4-5,8H2,1H3. The van der Waals surface area contributed by atoms with Crippen LogP contribution >= 0.6 is 11.6 Å². The van der Waals surface area contributed by atoms with Gasteiger partial charge < -0.3 is 9.64 Å². The Kier molecular flexibility index (Phi) is 3.58. The zero-order valence-corrected chi connectivity index (χ0v) is 11.7. The van der Waals surface area contributed by atoms with E-state index in [1.165, 1.54) is 12.3 Å². The van der Waals surface area contributed by atoms with E-state index < -0.39 is 5.82 Å². The molecule has 0 spiro atoms. The molecule has 2 aromatic rings. The second kappa shape index (κ2) is 5.38. The van der Waals surface area contributed by atoms with E-state index in [2.05, 4.69) is 10.1 Å². The predicted octanol–water partition coefficient (Wildman–Crippen LogP) is 2.19. The third kappa shape index (κ3) is 2.48. The van der Waals surface area contributed by atoms with Crippen molar-refractivity contribution in [3.05, 3.63) is 41.1 Å². The first-order valence-corrected chi connectivity index (χ1v) is 6.68. The lowest BCUT2D eigenvalue weighted by atomic mass is 10.1. The first-order valence-electron chi connectivity index (χ1n) is 6.30. The van der Waals surface area contributed by atoms with Crippen molar-refractivity contribution in [2.75, 3.05) is 24.6 Å². The zero-order chi connectivity index (χ0) is 14.1. The molecule has 0 bridgehead atoms. The van der Waals surface area contributed by atoms with Crippen molar-refractivity contribution in [3.63, 3.8) is 0 Å². The Morgan fingerprint density at radius 1 is 1.50 bits per heavy atom. The largest absolute Gasteiger partial charge is 0.370 e. The molecule has 3 heterocycles. The molecule has 0 aliphatic carbocycles. The molecule has 1 atom stereocenters. The van der Waals surface area contributed by atoms with Crippen LogP contribution in [0.2, 0.25) is 5.02 Å². The third-order valence-corrected chi connectivity index (χ3v) is 3.64. The van der Waals surface area contributed by atoms with Crippen LogP contribution in [0, 0.1) is 5.82 Å². The van der Waals surface area contributed by atoms with Crippen molar-refractivity contribution in [3.8, 4) is 0 Å². The van der Waals surface area contributed by atoms with Crippen molar-refractivity contribution in [2.24, 2.45) is 7.05 Å². The van der Waals surface area contributed by atoms with E-state index in [4.69, 9.17) is 16.3 Å². The van der Waals surface area contributed by atoms with Gasteiger partial charge in [0.25, 0.3) is 0 Å². The Morgan fingerprint density at radius 3 is 3.10 bits per heavy atom. The maximum absolute atomic E-state index is 13.5. The molecule has 1 fully saturated rings. The van der Waals surface area contributed by atoms with E-state index in [1.807, 2.05) is 18.1 Å². The van der Waals surface area contributed by atoms with Crippen LogP contribution in [0.25, 0.3) is 0 Å². The first-order chi connectivity index (χ1) is 9.65. The summed E-state index contributed by atoms with van der Waals surface area (Å²) >= 11 is 5.99. The fourth-order valence-corrected chi connectivity index (χ4v) is 2.51. The van der Waals surface area contributed by atoms with Gasteiger partial charge in [0, 0.05) is 31.5 Å². The van der Waals surface area contributed by atoms with Crippen LogP contribution in [0.3, 0.4) is 0 Å². The number of ether oxygens (including phenoxy) is 1. The normalized spacial score (nSPS) is 19.4. The van der Waals surface area contributed by atoms with Gasteiger partial charge in [0.1, 0.15) is 16.9 Å². The molecule has 5 nitrogen and oxygen atoms in total. The second-order valence-corrected chi connectivity index (χ2v) is 5.06. The van der Waals surface area contributed by atoms with Crippen molar-refractivity contribution in [1.29, 1.82) is 0 Å². The maximum atomic E-state index is 13.5. The summed E-state index contributed by atoms with van der Waals surface area (Å²) in [6.45, 7) is 1.74. The minimum Gasteiger partial charge on any atom is -0.370 e. The van der Waals surface area contributed by atoms with Gasteiger partial charge in [-0.25, -0.2) is 9.37 Å². The number of rotatable bonds is 2. The van der Waals surface area contributed by atoms with E-state index in [1.54, 1.807) is 10.9 Å². The number of hydrogen-bond donors (Lipinski definition) is 0. The zero-order valence-electron chi connectivity index (χ0n) is 11.0. The molecular formula is C13H14ClFN4O. The summed E-state index contributed by atoms with van der Waals surface area (Å²) in [6, 6.07) is 1.25. The fraction of sp³-hybridized carbons (Fsp3) is 0.385. The molecule has 0 saturated carbocycles. The molecule has 0 amide bonds. The number of aromatic nitrogens is 3. The van der Waals surface area contributed by atoms with Gasteiger partial charge in [0.2, 0.25) is 0 Å². The van der Waals surface area contributed by atoms with Crippen LogP contribution in [0.4, 0.5) is 10.2 Å². The summed E-state index contributed by atoms with van der Waals surface area (Å²) in [6.07, 6.45) is 4.99. The Labute approximate surface area is 120 Å². The monoisotopic (exact) mass is 296 g/mol. The molecule has 0 N–H and O–H groups in total. The minimum absolute atomic E-state index is 0.0549. The highest BCUT2D eigenvalue weighted by Crippen LogP contribution is 2.30. The van der Waals surface area contributed by atoms with Gasteiger partial charge >= 0.3 is 0 Å². The van der Waals surface area contributed by atoms with Gasteiger partial charge in [-0.1, -0.05) is 11.6 Å². The molecule has 106 valence electrons. The summed E-state index contributed by atoms with van der Waals surface area (Å²) in [5.41, 5.74) is 0.990. The van der Waals surface area contributed by atoms with Crippen LogP contribution in [-0.2, 0) is 11.8 Å². The van der Waals surface area contributed by atoms with Crippen LogP contribution in [0.15, 0.2) is 24.7 Å². The molecule has 1 saturated heterocycles. The van der Waals surface area contributed by atoms with Crippen LogP contribution in [-0.4, -0.2) is 34.5 Å². The Bertz CT molecular complexity index is 618. The highest BCUT2D eigenvalue weighted by atomic mass is 35.5. The second-order valence-electron chi connectivity index (χ2n) is 4.68. The number of nitrogens with zero attached hydrogens (tertiary/aromatic N) is 4. The van der Waals surface area contributed by atoms with Crippen LogP contribution in [0.1, 0.15) is 11.7 Å². The van der Waals surface area contributed by atoms with E-state index >= 15 is 0 Å². The molecule has 7 heteroatoms. The Balaban J connectivity index is 1.83. The number of hydrogen-bond acceptors (Lipinski definition) is 4. The van der Waals surface area contributed by atoms with Crippen molar-refractivity contribution in [2.45, 2.75) is 6.10 Å². The lowest BCUT2D eigenvalue weighted by Gasteiger charge is -2.33. The van der Waals surface area contributed by atoms with Gasteiger partial charge in [-0.3, -0.25) is 4.68 Å². The number of morpholine rings is 1. The maximum Gasteiger partial charge on any atom is 0.150 e. The van der Waals surface area contributed by atoms with E-state index in [-0.39, 0.29) is 11.1 Å². The summed E-state index contributed by atoms with van der Waals surface area (Å²) in [7, 11) is 1.86. The Morgan fingerprint density at radius 2 is 2.35 bits per heavy atom. The molecule has 1 unspecified atom stereocenters. The van der Waals surface area contributed by atoms with Crippen molar-refractivity contribution in [1.82, 2.24) is 14.8 Å². The van der Waals surface area contributed by atoms with E-state index in [9.17, 15) is 4.39 Å². The number of halogens is 2. The van der Waals surface area contributed by atoms with Crippen LogP contribution in [0.5, 0.6) is 0 Å². The van der Waals surface area contributed by atoms with Crippen LogP contribution < -0.4 is 4.90 Å². The molecule has 1 aliphatic rings. The SMILES string of the molecule is Cn1cc(C2CN(c3nccc(F)c3Cl)CCO2)cn1. The molecule has 0 aromatic carbocycles. The highest BCUT2D eigenvalue weighted by Gasteiger charge is 2.25. The summed E-state index contributed by atoms with van der Waals surface area (Å²) in [4.78, 5) is 6.11. The first kappa shape index (κ1) is 13.3. The number of anilines is 1. The van der Waals surface area contributed by atoms with Gasteiger partial charge in [0.05, 0.1) is 19.3 Å². The molecular weight excluding hydrogens is 283 g/mol. The smallest absolute Gasteiger partial charge is 0.150 e. The summed E-state index contributed by atoms with van der Waals surface area (Å²) in [5.74, 6) is 0.00458. The van der Waals surface area contributed by atoms with Crippen molar-refractivity contribution < 1.29 is 9.13 Å². The quantitative estimate of drug-likeness (QED) is 0.852. The Hall–Kier alpha value is -1.66. The highest BCUT2D eigenvalue weighted by molar-refractivity contribution is 6.33. The average molecular weight is 297 g/mol. The molecule has 3 rings (SSSR count). The van der Waals surface area contributed by atoms with Gasteiger partial charge in [-0.2, -0.15) is 5.10 Å². The summed E-state index contributed by atoms with van der Waals surface area (Å²) in [5, 5.41) is 4.19. The molecule has 1 aliphatic heterocycles. The number of pyridine rings is 1.